The lowest BCUT2D eigenvalue weighted by Crippen LogP contribution is -2.41. The molecule has 0 heterocycles. The molecule has 24 heavy (non-hydrogen) atoms. The van der Waals surface area contributed by atoms with Crippen LogP contribution in [0.5, 0.6) is 0 Å². The molecule has 0 radical (unpaired) electrons. The van der Waals surface area contributed by atoms with E-state index in [1.54, 1.807) is 0 Å². The second-order valence-corrected chi connectivity index (χ2v) is 5.91. The summed E-state index contributed by atoms with van der Waals surface area (Å²) in [6, 6.07) is 3.04. The molecular formula is C15H16ClF3N2O3. The van der Waals surface area contributed by atoms with Gasteiger partial charge in [-0.1, -0.05) is 11.6 Å². The van der Waals surface area contributed by atoms with Gasteiger partial charge in [0.25, 0.3) is 0 Å². The highest BCUT2D eigenvalue weighted by Crippen LogP contribution is 2.47. The number of hydrogen-bond acceptors (Lipinski definition) is 3. The Morgan fingerprint density at radius 2 is 1.96 bits per heavy atom. The number of halogens is 4. The number of methoxy groups -OCH3 is 1. The lowest BCUT2D eigenvalue weighted by atomic mass is 10.0. The van der Waals surface area contributed by atoms with Crippen molar-refractivity contribution in [3.8, 4) is 0 Å². The van der Waals surface area contributed by atoms with E-state index in [-0.39, 0.29) is 31.0 Å². The van der Waals surface area contributed by atoms with Gasteiger partial charge in [-0.05, 0) is 31.0 Å². The second-order valence-electron chi connectivity index (χ2n) is 5.47. The predicted molar refractivity (Wildman–Crippen MR) is 81.6 cm³/mol. The van der Waals surface area contributed by atoms with E-state index < -0.39 is 34.7 Å². The van der Waals surface area contributed by atoms with Crippen LogP contribution in [-0.4, -0.2) is 32.1 Å². The standard InChI is InChI=1S/C15H16ClF3N2O3/c1-24-7-6-20-12(22)14(4-5-14)13(23)21-11-3-2-9(16)8-10(11)15(17,18)19/h2-3,8H,4-7H2,1H3,(H,20,22)(H,21,23). The Hall–Kier alpha value is -1.80. The fourth-order valence-electron chi connectivity index (χ4n) is 2.22. The summed E-state index contributed by atoms with van der Waals surface area (Å²) in [5, 5.41) is 4.65. The van der Waals surface area contributed by atoms with Crippen LogP contribution in [-0.2, 0) is 20.5 Å². The van der Waals surface area contributed by atoms with Crippen LogP contribution in [0, 0.1) is 5.41 Å². The van der Waals surface area contributed by atoms with Crippen molar-refractivity contribution in [1.82, 2.24) is 5.32 Å². The number of carbonyl (C=O) groups is 2. The SMILES string of the molecule is COCCNC(=O)C1(C(=O)Nc2ccc(Cl)cc2C(F)(F)F)CC1. The molecule has 2 N–H and O–H groups in total. The number of ether oxygens (including phenoxy) is 1. The number of benzene rings is 1. The minimum absolute atomic E-state index is 0.0984. The summed E-state index contributed by atoms with van der Waals surface area (Å²) in [6.07, 6.45) is -4.11. The number of alkyl halides is 3. The molecule has 2 amide bonds. The minimum atomic E-state index is -4.68. The van der Waals surface area contributed by atoms with Gasteiger partial charge >= 0.3 is 6.18 Å². The first kappa shape index (κ1) is 18.5. The van der Waals surface area contributed by atoms with Crippen molar-refractivity contribution in [2.75, 3.05) is 25.6 Å². The minimum Gasteiger partial charge on any atom is -0.383 e. The zero-order valence-corrected chi connectivity index (χ0v) is 13.6. The van der Waals surface area contributed by atoms with Gasteiger partial charge in [-0.2, -0.15) is 13.2 Å². The monoisotopic (exact) mass is 364 g/mol. The zero-order chi connectivity index (χ0) is 18.0. The first-order chi connectivity index (χ1) is 11.2. The van der Waals surface area contributed by atoms with Crippen molar-refractivity contribution in [3.63, 3.8) is 0 Å². The number of anilines is 1. The van der Waals surface area contributed by atoms with Gasteiger partial charge in [-0.15, -0.1) is 0 Å². The maximum absolute atomic E-state index is 13.1. The molecule has 1 fully saturated rings. The molecule has 1 aliphatic carbocycles. The number of rotatable bonds is 6. The van der Waals surface area contributed by atoms with Crippen molar-refractivity contribution in [3.05, 3.63) is 28.8 Å². The molecule has 132 valence electrons. The third-order valence-corrected chi connectivity index (χ3v) is 3.98. The fraction of sp³-hybridized carbons (Fsp3) is 0.467. The average Bonchev–Trinajstić information content (AvgIpc) is 3.30. The molecule has 5 nitrogen and oxygen atoms in total. The largest absolute Gasteiger partial charge is 0.418 e. The maximum Gasteiger partial charge on any atom is 0.418 e. The Balaban J connectivity index is 2.14. The molecule has 1 aliphatic rings. The van der Waals surface area contributed by atoms with Crippen LogP contribution in [0.15, 0.2) is 18.2 Å². The lowest BCUT2D eigenvalue weighted by Gasteiger charge is -2.18. The van der Waals surface area contributed by atoms with Crippen LogP contribution < -0.4 is 10.6 Å². The van der Waals surface area contributed by atoms with Crippen molar-refractivity contribution in [1.29, 1.82) is 0 Å². The highest BCUT2D eigenvalue weighted by molar-refractivity contribution is 6.30. The highest BCUT2D eigenvalue weighted by Gasteiger charge is 2.56. The van der Waals surface area contributed by atoms with Gasteiger partial charge in [0.15, 0.2) is 0 Å². The van der Waals surface area contributed by atoms with Gasteiger partial charge in [-0.3, -0.25) is 9.59 Å². The van der Waals surface area contributed by atoms with Crippen molar-refractivity contribution in [2.24, 2.45) is 5.41 Å². The molecule has 0 spiro atoms. The molecule has 0 saturated heterocycles. The van der Waals surface area contributed by atoms with Gasteiger partial charge in [0.2, 0.25) is 11.8 Å². The van der Waals surface area contributed by atoms with E-state index in [0.29, 0.717) is 0 Å². The smallest absolute Gasteiger partial charge is 0.383 e. The first-order valence-electron chi connectivity index (χ1n) is 7.16. The Morgan fingerprint density at radius 1 is 1.29 bits per heavy atom. The molecular weight excluding hydrogens is 349 g/mol. The summed E-state index contributed by atoms with van der Waals surface area (Å²) in [5.74, 6) is -1.27. The Labute approximate surface area is 141 Å². The molecule has 0 bridgehead atoms. The number of carbonyl (C=O) groups excluding carboxylic acids is 2. The highest BCUT2D eigenvalue weighted by atomic mass is 35.5. The molecule has 2 rings (SSSR count). The second kappa shape index (κ2) is 6.98. The van der Waals surface area contributed by atoms with E-state index in [4.69, 9.17) is 16.3 Å². The van der Waals surface area contributed by atoms with E-state index >= 15 is 0 Å². The van der Waals surface area contributed by atoms with Crippen LogP contribution in [0.2, 0.25) is 5.02 Å². The van der Waals surface area contributed by atoms with E-state index in [1.807, 2.05) is 0 Å². The van der Waals surface area contributed by atoms with E-state index in [2.05, 4.69) is 10.6 Å². The van der Waals surface area contributed by atoms with Crippen molar-refractivity contribution in [2.45, 2.75) is 19.0 Å². The number of amides is 2. The molecule has 1 saturated carbocycles. The van der Waals surface area contributed by atoms with Crippen molar-refractivity contribution < 1.29 is 27.5 Å². The lowest BCUT2D eigenvalue weighted by molar-refractivity contribution is -0.137. The summed E-state index contributed by atoms with van der Waals surface area (Å²) < 4.78 is 43.9. The first-order valence-corrected chi connectivity index (χ1v) is 7.54. The van der Waals surface area contributed by atoms with E-state index in [0.717, 1.165) is 12.1 Å². The zero-order valence-electron chi connectivity index (χ0n) is 12.8. The van der Waals surface area contributed by atoms with Gasteiger partial charge in [0.05, 0.1) is 17.9 Å². The van der Waals surface area contributed by atoms with Gasteiger partial charge in [0, 0.05) is 18.7 Å². The predicted octanol–water partition coefficient (Wildman–Crippen LogP) is 2.84. The summed E-state index contributed by atoms with van der Waals surface area (Å²) in [5.41, 5.74) is -2.80. The summed E-state index contributed by atoms with van der Waals surface area (Å²) in [4.78, 5) is 24.4. The maximum atomic E-state index is 13.1. The quantitative estimate of drug-likeness (QED) is 0.602. The summed E-state index contributed by atoms with van der Waals surface area (Å²) in [6.45, 7) is 0.498. The Bertz CT molecular complexity index is 645. The molecule has 9 heteroatoms. The van der Waals surface area contributed by atoms with Gasteiger partial charge in [0.1, 0.15) is 5.41 Å². The van der Waals surface area contributed by atoms with Crippen molar-refractivity contribution >= 4 is 29.1 Å². The normalized spacial score (nSPS) is 15.7. The molecule has 0 aliphatic heterocycles. The molecule has 1 aromatic carbocycles. The number of hydrogen-bond donors (Lipinski definition) is 2. The Morgan fingerprint density at radius 3 is 2.50 bits per heavy atom. The van der Waals surface area contributed by atoms with Crippen LogP contribution >= 0.6 is 11.6 Å². The Kier molecular flexibility index (Phi) is 5.39. The topological polar surface area (TPSA) is 67.4 Å². The van der Waals surface area contributed by atoms with Crippen LogP contribution in [0.1, 0.15) is 18.4 Å². The van der Waals surface area contributed by atoms with E-state index in [1.165, 1.54) is 13.2 Å². The molecule has 0 atom stereocenters. The number of nitrogens with one attached hydrogen (secondary N) is 2. The summed E-state index contributed by atoms with van der Waals surface area (Å²) in [7, 11) is 1.46. The third kappa shape index (κ3) is 3.99. The van der Waals surface area contributed by atoms with Gasteiger partial charge < -0.3 is 15.4 Å². The molecule has 1 aromatic rings. The molecule has 0 unspecified atom stereocenters. The third-order valence-electron chi connectivity index (χ3n) is 3.75. The van der Waals surface area contributed by atoms with E-state index in [9.17, 15) is 22.8 Å². The fourth-order valence-corrected chi connectivity index (χ4v) is 2.39. The molecule has 0 aromatic heterocycles. The van der Waals surface area contributed by atoms with Crippen LogP contribution in [0.3, 0.4) is 0 Å². The average molecular weight is 365 g/mol. The van der Waals surface area contributed by atoms with Gasteiger partial charge in [-0.25, -0.2) is 0 Å². The van der Waals surface area contributed by atoms with Crippen LogP contribution in [0.4, 0.5) is 18.9 Å². The summed E-state index contributed by atoms with van der Waals surface area (Å²) >= 11 is 5.59. The van der Waals surface area contributed by atoms with Crippen LogP contribution in [0.25, 0.3) is 0 Å².